The molecule has 0 spiro atoms. The molecule has 0 bridgehead atoms. The van der Waals surface area contributed by atoms with Crippen LogP contribution in [-0.2, 0) is 23.6 Å². The van der Waals surface area contributed by atoms with Crippen LogP contribution < -0.4 is 16.0 Å². The fraction of sp³-hybridized carbons (Fsp3) is 0.345. The number of fused-ring (bicyclic) bond motifs is 1. The Balaban J connectivity index is 0.000000509. The van der Waals surface area contributed by atoms with Gasteiger partial charge in [0.25, 0.3) is 0 Å². The molecule has 0 radical (unpaired) electrons. The van der Waals surface area contributed by atoms with Gasteiger partial charge in [-0.05, 0) is 76.0 Å². The summed E-state index contributed by atoms with van der Waals surface area (Å²) < 4.78 is 0. The standard InChI is InChI=1S/C24H30ClN4.C5H5.Fe/c25-19-6-11-22-23(12-15-28-24(22)16-19)29-21-9-7-20(8-10-21)27-14-3-13-26-17-18-4-1-2-5-18;1-2-4-5-3-1;/h1-2,4-6,11-12,15-16,20-21,26-27H,3,7-10,13-14,17H2,(H,28,29);1-5H;/q2*-1;+2. The zero-order chi connectivity index (χ0) is 23.4. The Morgan fingerprint density at radius 3 is 2.43 bits per heavy atom. The predicted molar refractivity (Wildman–Crippen MR) is 145 cm³/mol. The van der Waals surface area contributed by atoms with Crippen molar-refractivity contribution in [1.29, 1.82) is 0 Å². The van der Waals surface area contributed by atoms with Gasteiger partial charge in [0.1, 0.15) is 0 Å². The van der Waals surface area contributed by atoms with E-state index in [-0.39, 0.29) is 17.1 Å². The summed E-state index contributed by atoms with van der Waals surface area (Å²) in [5.74, 6) is 0. The average Bonchev–Trinajstić information content (AvgIpc) is 3.60. The maximum Gasteiger partial charge on any atom is 2.00 e. The van der Waals surface area contributed by atoms with E-state index in [1.807, 2.05) is 48.7 Å². The molecule has 35 heavy (non-hydrogen) atoms. The SMILES string of the molecule is Clc1ccc2c(NC3CCC(NCCCNCc4cc[cH-]c4)CC3)ccnc2c1.[Fe+2].c1cc[cH-]c1. The van der Waals surface area contributed by atoms with E-state index in [0.29, 0.717) is 12.1 Å². The van der Waals surface area contributed by atoms with Gasteiger partial charge in [0, 0.05) is 34.4 Å². The van der Waals surface area contributed by atoms with Gasteiger partial charge in [-0.2, -0.15) is 42.0 Å². The van der Waals surface area contributed by atoms with Gasteiger partial charge in [-0.1, -0.05) is 11.6 Å². The molecule has 5 rings (SSSR count). The molecule has 1 fully saturated rings. The fourth-order valence-corrected chi connectivity index (χ4v) is 4.68. The Labute approximate surface area is 225 Å². The number of rotatable bonds is 9. The molecule has 0 unspecified atom stereocenters. The van der Waals surface area contributed by atoms with Crippen molar-refractivity contribution >= 4 is 28.2 Å². The van der Waals surface area contributed by atoms with Crippen LogP contribution in [0.25, 0.3) is 10.9 Å². The van der Waals surface area contributed by atoms with Gasteiger partial charge < -0.3 is 16.0 Å². The monoisotopic (exact) mass is 530 g/mol. The summed E-state index contributed by atoms with van der Waals surface area (Å²) in [5.41, 5.74) is 3.48. The van der Waals surface area contributed by atoms with Crippen LogP contribution in [-0.4, -0.2) is 30.2 Å². The molecule has 0 atom stereocenters. The van der Waals surface area contributed by atoms with Crippen LogP contribution >= 0.6 is 11.6 Å². The number of nitrogens with zero attached hydrogens (tertiary/aromatic N) is 1. The maximum absolute atomic E-state index is 6.10. The van der Waals surface area contributed by atoms with Crippen LogP contribution in [0.3, 0.4) is 0 Å². The number of pyridine rings is 1. The van der Waals surface area contributed by atoms with Gasteiger partial charge >= 0.3 is 17.1 Å². The fourth-order valence-electron chi connectivity index (χ4n) is 4.51. The molecule has 4 nitrogen and oxygen atoms in total. The summed E-state index contributed by atoms with van der Waals surface area (Å²) >= 11 is 6.10. The molecule has 186 valence electrons. The van der Waals surface area contributed by atoms with Gasteiger partial charge in [0.05, 0.1) is 5.52 Å². The van der Waals surface area contributed by atoms with E-state index in [4.69, 9.17) is 11.6 Å². The average molecular weight is 531 g/mol. The van der Waals surface area contributed by atoms with Crippen molar-refractivity contribution in [3.63, 3.8) is 0 Å². The Kier molecular flexibility index (Phi) is 11.8. The van der Waals surface area contributed by atoms with Crippen molar-refractivity contribution < 1.29 is 17.1 Å². The second kappa shape index (κ2) is 15.1. The van der Waals surface area contributed by atoms with E-state index in [9.17, 15) is 0 Å². The van der Waals surface area contributed by atoms with Crippen LogP contribution in [0.1, 0.15) is 37.7 Å². The predicted octanol–water partition coefficient (Wildman–Crippen LogP) is 6.50. The summed E-state index contributed by atoms with van der Waals surface area (Å²) in [6.45, 7) is 3.13. The van der Waals surface area contributed by atoms with E-state index in [2.05, 4.69) is 57.3 Å². The van der Waals surface area contributed by atoms with Gasteiger partial charge in [-0.25, -0.2) is 18.2 Å². The first-order valence-electron chi connectivity index (χ1n) is 12.4. The Morgan fingerprint density at radius 1 is 0.914 bits per heavy atom. The molecular weight excluding hydrogens is 496 g/mol. The number of anilines is 1. The third-order valence-electron chi connectivity index (χ3n) is 6.37. The topological polar surface area (TPSA) is 49.0 Å². The number of hydrogen-bond acceptors (Lipinski definition) is 4. The normalized spacial score (nSPS) is 17.3. The molecule has 1 saturated carbocycles. The molecule has 4 aromatic rings. The van der Waals surface area contributed by atoms with Crippen LogP contribution in [0.2, 0.25) is 5.02 Å². The Bertz CT molecular complexity index is 1060. The van der Waals surface area contributed by atoms with Crippen molar-refractivity contribution in [2.75, 3.05) is 18.4 Å². The zero-order valence-corrected chi connectivity index (χ0v) is 21.9. The first-order valence-corrected chi connectivity index (χ1v) is 12.8. The third kappa shape index (κ3) is 9.10. The van der Waals surface area contributed by atoms with E-state index < -0.39 is 0 Å². The van der Waals surface area contributed by atoms with Crippen molar-refractivity contribution in [1.82, 2.24) is 15.6 Å². The molecule has 0 amide bonds. The number of aromatic nitrogens is 1. The zero-order valence-electron chi connectivity index (χ0n) is 20.1. The van der Waals surface area contributed by atoms with Gasteiger partial charge in [-0.3, -0.25) is 4.98 Å². The van der Waals surface area contributed by atoms with Crippen molar-refractivity contribution in [2.45, 2.75) is 50.7 Å². The van der Waals surface area contributed by atoms with Crippen LogP contribution in [0, 0.1) is 0 Å². The molecule has 6 heteroatoms. The molecular formula is C29H35ClFeN4. The molecule has 1 aromatic heterocycles. The molecule has 1 heterocycles. The second-order valence-corrected chi connectivity index (χ2v) is 9.39. The van der Waals surface area contributed by atoms with Crippen LogP contribution in [0.5, 0.6) is 0 Å². The largest absolute Gasteiger partial charge is 2.00 e. The number of hydrogen-bond donors (Lipinski definition) is 3. The maximum atomic E-state index is 6.10. The Morgan fingerprint density at radius 2 is 1.71 bits per heavy atom. The smallest absolute Gasteiger partial charge is 0.382 e. The van der Waals surface area contributed by atoms with Crippen LogP contribution in [0.15, 0.2) is 85.1 Å². The van der Waals surface area contributed by atoms with Gasteiger partial charge in [0.2, 0.25) is 0 Å². The Hall–Kier alpha value is -2.14. The molecule has 0 saturated heterocycles. The summed E-state index contributed by atoms with van der Waals surface area (Å²) in [6, 6.07) is 27.7. The minimum atomic E-state index is 0. The number of halogens is 1. The first kappa shape index (κ1) is 27.4. The second-order valence-electron chi connectivity index (χ2n) is 8.95. The van der Waals surface area contributed by atoms with Crippen molar-refractivity contribution in [3.05, 3.63) is 95.6 Å². The minimum absolute atomic E-state index is 0. The molecule has 3 N–H and O–H groups in total. The summed E-state index contributed by atoms with van der Waals surface area (Å²) in [4.78, 5) is 4.44. The van der Waals surface area contributed by atoms with E-state index >= 15 is 0 Å². The molecule has 1 aliphatic rings. The summed E-state index contributed by atoms with van der Waals surface area (Å²) in [5, 5.41) is 12.9. The van der Waals surface area contributed by atoms with Crippen molar-refractivity contribution in [2.24, 2.45) is 0 Å². The summed E-state index contributed by atoms with van der Waals surface area (Å²) in [7, 11) is 0. The van der Waals surface area contributed by atoms with Gasteiger partial charge in [0.15, 0.2) is 0 Å². The van der Waals surface area contributed by atoms with Gasteiger partial charge in [-0.15, -0.1) is 0 Å². The third-order valence-corrected chi connectivity index (χ3v) is 6.61. The molecule has 1 aliphatic carbocycles. The molecule has 3 aromatic carbocycles. The van der Waals surface area contributed by atoms with Crippen molar-refractivity contribution in [3.8, 4) is 0 Å². The van der Waals surface area contributed by atoms with E-state index in [0.717, 1.165) is 35.6 Å². The first-order chi connectivity index (χ1) is 16.8. The number of nitrogens with one attached hydrogen (secondary N) is 3. The van der Waals surface area contributed by atoms with E-state index in [1.54, 1.807) is 0 Å². The summed E-state index contributed by atoms with van der Waals surface area (Å²) in [6.07, 6.45) is 7.89. The quantitative estimate of drug-likeness (QED) is 0.131. The number of benzene rings is 1. The van der Waals surface area contributed by atoms with E-state index in [1.165, 1.54) is 43.4 Å². The molecule has 0 aliphatic heterocycles. The van der Waals surface area contributed by atoms with Crippen LogP contribution in [0.4, 0.5) is 5.69 Å². The minimum Gasteiger partial charge on any atom is -0.382 e.